The lowest BCUT2D eigenvalue weighted by atomic mass is 9.98. The molecule has 0 saturated heterocycles. The van der Waals surface area contributed by atoms with Gasteiger partial charge in [-0.25, -0.2) is 0 Å². The molecule has 0 bridgehead atoms. The molecule has 0 heterocycles. The van der Waals surface area contributed by atoms with Crippen LogP contribution in [0.5, 0.6) is 0 Å². The summed E-state index contributed by atoms with van der Waals surface area (Å²) in [5.41, 5.74) is 3.10. The van der Waals surface area contributed by atoms with Gasteiger partial charge in [0.05, 0.1) is 0 Å². The number of benzene rings is 2. The molecule has 0 aliphatic heterocycles. The Kier molecular flexibility index (Phi) is 4.26. The van der Waals surface area contributed by atoms with Crippen LogP contribution in [0.4, 0.5) is 0 Å². The zero-order valence-corrected chi connectivity index (χ0v) is 11.6. The van der Waals surface area contributed by atoms with Gasteiger partial charge in [-0.2, -0.15) is 0 Å². The summed E-state index contributed by atoms with van der Waals surface area (Å²) in [5.74, 6) is 0.0254. The van der Waals surface area contributed by atoms with Gasteiger partial charge in [-0.15, -0.1) is 0 Å². The minimum Gasteiger partial charge on any atom is -0.295 e. The first-order valence-corrected chi connectivity index (χ1v) is 6.47. The Morgan fingerprint density at radius 1 is 0.800 bits per heavy atom. The summed E-state index contributed by atoms with van der Waals surface area (Å²) in [7, 11) is 0. The van der Waals surface area contributed by atoms with Crippen molar-refractivity contribution in [1.29, 1.82) is 0 Å². The maximum atomic E-state index is 11.8. The minimum absolute atomic E-state index is 0.00410. The van der Waals surface area contributed by atoms with Gasteiger partial charge in [0, 0.05) is 11.1 Å². The minimum atomic E-state index is 0.00410. The maximum Gasteiger partial charge on any atom is 0.160 e. The third-order valence-electron chi connectivity index (χ3n) is 3.09. The summed E-state index contributed by atoms with van der Waals surface area (Å²) in [6.45, 7) is 3.08. The van der Waals surface area contributed by atoms with Gasteiger partial charge in [0.1, 0.15) is 0 Å². The lowest BCUT2D eigenvalue weighted by molar-refractivity contribution is -0.111. The van der Waals surface area contributed by atoms with Gasteiger partial charge in [0.15, 0.2) is 11.6 Å². The molecule has 0 N–H and O–H groups in total. The Bertz CT molecular complexity index is 650. The van der Waals surface area contributed by atoms with E-state index >= 15 is 0 Å². The Labute approximate surface area is 118 Å². The van der Waals surface area contributed by atoms with Crippen molar-refractivity contribution < 1.29 is 9.59 Å². The van der Waals surface area contributed by atoms with Crippen LogP contribution in [-0.2, 0) is 4.79 Å². The molecular formula is C18H16O2. The summed E-state index contributed by atoms with van der Waals surface area (Å²) in [6.07, 6.45) is 1.87. The van der Waals surface area contributed by atoms with Crippen LogP contribution in [0.2, 0.25) is 0 Å². The topological polar surface area (TPSA) is 34.1 Å². The van der Waals surface area contributed by atoms with Crippen LogP contribution in [0.1, 0.15) is 35.3 Å². The zero-order valence-electron chi connectivity index (χ0n) is 11.6. The number of rotatable bonds is 4. The van der Waals surface area contributed by atoms with Crippen molar-refractivity contribution in [1.82, 2.24) is 0 Å². The van der Waals surface area contributed by atoms with Crippen molar-refractivity contribution in [2.45, 2.75) is 13.8 Å². The van der Waals surface area contributed by atoms with Crippen LogP contribution < -0.4 is 0 Å². The first kappa shape index (κ1) is 13.9. The van der Waals surface area contributed by atoms with E-state index in [1.54, 1.807) is 19.1 Å². The van der Waals surface area contributed by atoms with Crippen molar-refractivity contribution in [3.63, 3.8) is 0 Å². The molecule has 0 unspecified atom stereocenters. The number of hydrogen-bond donors (Lipinski definition) is 0. The van der Waals surface area contributed by atoms with Crippen LogP contribution in [0.15, 0.2) is 54.6 Å². The maximum absolute atomic E-state index is 11.8. The van der Waals surface area contributed by atoms with Crippen LogP contribution in [0.3, 0.4) is 0 Å². The van der Waals surface area contributed by atoms with Gasteiger partial charge in [-0.3, -0.25) is 9.59 Å². The van der Waals surface area contributed by atoms with E-state index in [0.29, 0.717) is 11.1 Å². The van der Waals surface area contributed by atoms with E-state index in [1.807, 2.05) is 48.5 Å². The van der Waals surface area contributed by atoms with Gasteiger partial charge in [0.25, 0.3) is 0 Å². The summed E-state index contributed by atoms with van der Waals surface area (Å²) in [4.78, 5) is 23.1. The Balaban J connectivity index is 2.41. The van der Waals surface area contributed by atoms with Crippen molar-refractivity contribution in [3.05, 3.63) is 71.3 Å². The van der Waals surface area contributed by atoms with Crippen LogP contribution >= 0.6 is 0 Å². The van der Waals surface area contributed by atoms with Crippen LogP contribution in [0, 0.1) is 0 Å². The highest BCUT2D eigenvalue weighted by atomic mass is 16.1. The number of carbonyl (C=O) groups is 2. The van der Waals surface area contributed by atoms with Crippen LogP contribution in [0.25, 0.3) is 11.6 Å². The van der Waals surface area contributed by atoms with E-state index < -0.39 is 0 Å². The molecule has 2 rings (SSSR count). The fourth-order valence-electron chi connectivity index (χ4n) is 1.99. The first-order chi connectivity index (χ1) is 9.58. The van der Waals surface area contributed by atoms with Crippen molar-refractivity contribution in [2.24, 2.45) is 0 Å². The molecule has 0 radical (unpaired) electrons. The standard InChI is InChI=1S/C18H16O2/c1-13(19)16-8-10-17(11-9-16)18(14(2)20)12-15-6-4-3-5-7-15/h3-12H,1-2H3/b18-12-. The first-order valence-electron chi connectivity index (χ1n) is 6.47. The van der Waals surface area contributed by atoms with E-state index in [-0.39, 0.29) is 11.6 Å². The normalized spacial score (nSPS) is 11.2. The number of carbonyl (C=O) groups excluding carboxylic acids is 2. The van der Waals surface area contributed by atoms with E-state index in [9.17, 15) is 9.59 Å². The molecular weight excluding hydrogens is 248 g/mol. The van der Waals surface area contributed by atoms with E-state index in [2.05, 4.69) is 0 Å². The summed E-state index contributed by atoms with van der Waals surface area (Å²) in [5, 5.41) is 0. The third kappa shape index (κ3) is 3.29. The Morgan fingerprint density at radius 2 is 1.35 bits per heavy atom. The quantitative estimate of drug-likeness (QED) is 0.475. The number of hydrogen-bond acceptors (Lipinski definition) is 2. The largest absolute Gasteiger partial charge is 0.295 e. The molecule has 0 aliphatic carbocycles. The smallest absolute Gasteiger partial charge is 0.160 e. The fraction of sp³-hybridized carbons (Fsp3) is 0.111. The summed E-state index contributed by atoms with van der Waals surface area (Å²) in [6, 6.07) is 16.8. The lowest BCUT2D eigenvalue weighted by Gasteiger charge is -2.05. The Morgan fingerprint density at radius 3 is 1.85 bits per heavy atom. The molecule has 0 spiro atoms. The molecule has 100 valence electrons. The highest BCUT2D eigenvalue weighted by Crippen LogP contribution is 2.20. The van der Waals surface area contributed by atoms with Gasteiger partial charge >= 0.3 is 0 Å². The molecule has 0 aromatic heterocycles. The monoisotopic (exact) mass is 264 g/mol. The second kappa shape index (κ2) is 6.11. The zero-order chi connectivity index (χ0) is 14.5. The van der Waals surface area contributed by atoms with Crippen molar-refractivity contribution in [3.8, 4) is 0 Å². The summed E-state index contributed by atoms with van der Waals surface area (Å²) < 4.78 is 0. The molecule has 2 aromatic carbocycles. The Hall–Kier alpha value is -2.48. The second-order valence-electron chi connectivity index (χ2n) is 4.66. The molecule has 2 aromatic rings. The second-order valence-corrected chi connectivity index (χ2v) is 4.66. The molecule has 0 fully saturated rings. The fourth-order valence-corrected chi connectivity index (χ4v) is 1.99. The molecule has 0 amide bonds. The van der Waals surface area contributed by atoms with Crippen molar-refractivity contribution >= 4 is 23.2 Å². The van der Waals surface area contributed by atoms with Gasteiger partial charge in [0.2, 0.25) is 0 Å². The molecule has 2 nitrogen and oxygen atoms in total. The van der Waals surface area contributed by atoms with Gasteiger partial charge in [-0.05, 0) is 31.1 Å². The highest BCUT2D eigenvalue weighted by molar-refractivity contribution is 6.24. The van der Waals surface area contributed by atoms with Gasteiger partial charge in [-0.1, -0.05) is 54.6 Å². The molecule has 20 heavy (non-hydrogen) atoms. The number of ketones is 2. The van der Waals surface area contributed by atoms with E-state index in [4.69, 9.17) is 0 Å². The average Bonchev–Trinajstić information content (AvgIpc) is 2.45. The summed E-state index contributed by atoms with van der Waals surface area (Å²) >= 11 is 0. The highest BCUT2D eigenvalue weighted by Gasteiger charge is 2.08. The van der Waals surface area contributed by atoms with Crippen LogP contribution in [-0.4, -0.2) is 11.6 Å². The molecule has 0 atom stereocenters. The predicted octanol–water partition coefficient (Wildman–Crippen LogP) is 4.02. The molecule has 0 aliphatic rings. The van der Waals surface area contributed by atoms with E-state index in [1.165, 1.54) is 6.92 Å². The van der Waals surface area contributed by atoms with Crippen molar-refractivity contribution in [2.75, 3.05) is 0 Å². The third-order valence-corrected chi connectivity index (χ3v) is 3.09. The lowest BCUT2D eigenvalue weighted by Crippen LogP contribution is -1.98. The molecule has 2 heteroatoms. The average molecular weight is 264 g/mol. The molecule has 0 saturated carbocycles. The SMILES string of the molecule is CC(=O)/C(=C/c1ccccc1)c1ccc(C(C)=O)cc1. The van der Waals surface area contributed by atoms with Gasteiger partial charge < -0.3 is 0 Å². The predicted molar refractivity (Wildman–Crippen MR) is 81.4 cm³/mol. The number of Topliss-reactive ketones (excluding diaryl/α,β-unsaturated/α-hetero) is 2. The number of allylic oxidation sites excluding steroid dienone is 1. The van der Waals surface area contributed by atoms with E-state index in [0.717, 1.165) is 11.1 Å².